The van der Waals surface area contributed by atoms with Gasteiger partial charge in [0.15, 0.2) is 0 Å². The Hall–Kier alpha value is -1.00. The lowest BCUT2D eigenvalue weighted by Crippen LogP contribution is -2.40. The van der Waals surface area contributed by atoms with Gasteiger partial charge in [0.05, 0.1) is 6.10 Å². The Morgan fingerprint density at radius 3 is 2.83 bits per heavy atom. The number of aliphatic hydroxyl groups is 1. The van der Waals surface area contributed by atoms with Crippen molar-refractivity contribution in [1.29, 1.82) is 0 Å². The Bertz CT molecular complexity index is 575. The third kappa shape index (κ3) is 4.15. The molecule has 24 heavy (non-hydrogen) atoms. The van der Waals surface area contributed by atoms with E-state index in [0.717, 1.165) is 35.8 Å². The highest BCUT2D eigenvalue weighted by Crippen LogP contribution is 2.43. The van der Waals surface area contributed by atoms with Crippen LogP contribution in [0.3, 0.4) is 0 Å². The molecule has 0 heterocycles. The number of phenolic OH excluding ortho intramolecular Hbond substituents is 1. The average Bonchev–Trinajstić information content (AvgIpc) is 2.60. The Labute approximate surface area is 149 Å². The van der Waals surface area contributed by atoms with Gasteiger partial charge in [0.25, 0.3) is 0 Å². The second-order valence-electron chi connectivity index (χ2n) is 7.21. The fourth-order valence-corrected chi connectivity index (χ4v) is 5.06. The normalized spacial score (nSPS) is 30.4. The van der Waals surface area contributed by atoms with E-state index in [9.17, 15) is 10.2 Å². The minimum Gasteiger partial charge on any atom is -0.506 e. The number of aromatic hydroxyl groups is 1. The molecule has 0 bridgehead atoms. The number of fused-ring (bicyclic) bond motifs is 1. The molecule has 2 fully saturated rings. The summed E-state index contributed by atoms with van der Waals surface area (Å²) >= 11 is 1.75. The largest absolute Gasteiger partial charge is 0.506 e. The van der Waals surface area contributed by atoms with Gasteiger partial charge < -0.3 is 10.2 Å². The van der Waals surface area contributed by atoms with E-state index in [4.69, 9.17) is 0 Å². The maximum absolute atomic E-state index is 10.4. The van der Waals surface area contributed by atoms with Gasteiger partial charge in [-0.3, -0.25) is 4.99 Å². The molecule has 4 atom stereocenters. The second-order valence-corrected chi connectivity index (χ2v) is 8.38. The molecule has 0 amide bonds. The van der Waals surface area contributed by atoms with Crippen molar-refractivity contribution in [3.8, 4) is 5.75 Å². The van der Waals surface area contributed by atoms with E-state index in [1.54, 1.807) is 17.8 Å². The van der Waals surface area contributed by atoms with E-state index in [1.807, 2.05) is 18.3 Å². The van der Waals surface area contributed by atoms with E-state index in [2.05, 4.69) is 11.9 Å². The van der Waals surface area contributed by atoms with E-state index in [-0.39, 0.29) is 17.8 Å². The number of hydrogen-bond donors (Lipinski definition) is 2. The molecular formula is C20H29NO2S. The molecule has 132 valence electrons. The monoisotopic (exact) mass is 347 g/mol. The number of thioether (sulfide) groups is 1. The van der Waals surface area contributed by atoms with Crippen molar-refractivity contribution in [2.45, 2.75) is 62.9 Å². The van der Waals surface area contributed by atoms with Crippen LogP contribution in [0.4, 0.5) is 5.69 Å². The first kappa shape index (κ1) is 17.8. The van der Waals surface area contributed by atoms with Gasteiger partial charge in [0.2, 0.25) is 0 Å². The van der Waals surface area contributed by atoms with Gasteiger partial charge in [-0.15, -0.1) is 11.8 Å². The molecule has 1 aromatic rings. The molecule has 4 heteroatoms. The van der Waals surface area contributed by atoms with Crippen LogP contribution in [0.15, 0.2) is 28.1 Å². The van der Waals surface area contributed by atoms with Crippen LogP contribution < -0.4 is 0 Å². The van der Waals surface area contributed by atoms with Crippen LogP contribution in [-0.4, -0.2) is 28.3 Å². The highest BCUT2D eigenvalue weighted by Gasteiger charge is 2.38. The van der Waals surface area contributed by atoms with E-state index >= 15 is 0 Å². The van der Waals surface area contributed by atoms with Gasteiger partial charge in [0, 0.05) is 17.0 Å². The quantitative estimate of drug-likeness (QED) is 0.570. The molecule has 2 aliphatic carbocycles. The van der Waals surface area contributed by atoms with Crippen LogP contribution in [0.1, 0.15) is 51.9 Å². The number of aliphatic imine (C=N–C) groups is 1. The first-order chi connectivity index (χ1) is 11.7. The van der Waals surface area contributed by atoms with Crippen molar-refractivity contribution in [2.24, 2.45) is 22.7 Å². The summed E-state index contributed by atoms with van der Waals surface area (Å²) in [6, 6.07) is 5.71. The number of benzene rings is 1. The smallest absolute Gasteiger partial charge is 0.142 e. The lowest BCUT2D eigenvalue weighted by Gasteiger charge is -2.42. The Kier molecular flexibility index (Phi) is 6.23. The van der Waals surface area contributed by atoms with Gasteiger partial charge in [-0.2, -0.15) is 0 Å². The van der Waals surface area contributed by atoms with Gasteiger partial charge in [-0.25, -0.2) is 0 Å². The van der Waals surface area contributed by atoms with Crippen LogP contribution >= 0.6 is 11.8 Å². The van der Waals surface area contributed by atoms with Crippen molar-refractivity contribution in [3.05, 3.63) is 18.2 Å². The molecule has 0 aromatic heterocycles. The molecule has 0 aliphatic heterocycles. The van der Waals surface area contributed by atoms with Gasteiger partial charge in [-0.05, 0) is 61.5 Å². The van der Waals surface area contributed by atoms with Crippen molar-refractivity contribution in [3.63, 3.8) is 0 Å². The predicted octanol–water partition coefficient (Wildman–Crippen LogP) is 5.17. The molecular weight excluding hydrogens is 318 g/mol. The molecule has 2 aliphatic rings. The summed E-state index contributed by atoms with van der Waals surface area (Å²) < 4.78 is 0. The SMILES string of the molecule is CCCSc1ccc(N=CC2C(O)CCC3CCCCC32)c(O)c1. The van der Waals surface area contributed by atoms with Crippen LogP contribution in [0.25, 0.3) is 0 Å². The highest BCUT2D eigenvalue weighted by molar-refractivity contribution is 7.99. The maximum atomic E-state index is 10.4. The van der Waals surface area contributed by atoms with Gasteiger partial charge in [-0.1, -0.05) is 26.2 Å². The number of phenols is 1. The van der Waals surface area contributed by atoms with Crippen molar-refractivity contribution in [1.82, 2.24) is 0 Å². The van der Waals surface area contributed by atoms with Crippen LogP contribution in [0.5, 0.6) is 5.75 Å². The topological polar surface area (TPSA) is 52.8 Å². The molecule has 1 aromatic carbocycles. The molecule has 2 N–H and O–H groups in total. The third-order valence-electron chi connectivity index (χ3n) is 5.55. The van der Waals surface area contributed by atoms with Crippen molar-refractivity contribution >= 4 is 23.7 Å². The third-order valence-corrected chi connectivity index (χ3v) is 6.74. The molecule has 3 nitrogen and oxygen atoms in total. The summed E-state index contributed by atoms with van der Waals surface area (Å²) in [4.78, 5) is 5.63. The van der Waals surface area contributed by atoms with Crippen LogP contribution in [-0.2, 0) is 0 Å². The average molecular weight is 348 g/mol. The molecule has 2 saturated carbocycles. The van der Waals surface area contributed by atoms with Crippen LogP contribution in [0, 0.1) is 17.8 Å². The van der Waals surface area contributed by atoms with Crippen molar-refractivity contribution in [2.75, 3.05) is 5.75 Å². The molecule has 0 radical (unpaired) electrons. The standard InChI is InChI=1S/C20H29NO2S/c1-2-11-24-15-8-9-18(20(23)12-15)21-13-17-16-6-4-3-5-14(16)7-10-19(17)22/h8-9,12-14,16-17,19,22-23H,2-7,10-11H2,1H3. The molecule has 4 unspecified atom stereocenters. The summed E-state index contributed by atoms with van der Waals surface area (Å²) in [6.45, 7) is 2.15. The Morgan fingerprint density at radius 2 is 2.04 bits per heavy atom. The van der Waals surface area contributed by atoms with E-state index in [0.29, 0.717) is 11.6 Å². The molecule has 3 rings (SSSR count). The summed E-state index contributed by atoms with van der Waals surface area (Å²) in [5.74, 6) is 2.74. The number of aliphatic hydroxyl groups excluding tert-OH is 1. The Morgan fingerprint density at radius 1 is 1.21 bits per heavy atom. The Balaban J connectivity index is 1.71. The summed E-state index contributed by atoms with van der Waals surface area (Å²) in [7, 11) is 0. The number of nitrogens with zero attached hydrogens (tertiary/aromatic N) is 1. The zero-order chi connectivity index (χ0) is 16.9. The summed E-state index contributed by atoms with van der Waals surface area (Å²) in [5, 5.41) is 20.7. The van der Waals surface area contributed by atoms with E-state index < -0.39 is 0 Å². The zero-order valence-corrected chi connectivity index (χ0v) is 15.3. The maximum Gasteiger partial charge on any atom is 0.142 e. The van der Waals surface area contributed by atoms with E-state index in [1.165, 1.54) is 25.7 Å². The molecule has 0 spiro atoms. The summed E-state index contributed by atoms with van der Waals surface area (Å²) in [5.41, 5.74) is 0.612. The lowest BCUT2D eigenvalue weighted by molar-refractivity contribution is 0.0190. The predicted molar refractivity (Wildman–Crippen MR) is 101 cm³/mol. The van der Waals surface area contributed by atoms with Gasteiger partial charge >= 0.3 is 0 Å². The second kappa shape index (κ2) is 8.39. The minimum atomic E-state index is -0.283. The van der Waals surface area contributed by atoms with Crippen molar-refractivity contribution < 1.29 is 10.2 Å². The first-order valence-electron chi connectivity index (χ1n) is 9.37. The minimum absolute atomic E-state index is 0.137. The lowest BCUT2D eigenvalue weighted by atomic mass is 9.65. The fourth-order valence-electron chi connectivity index (χ4n) is 4.26. The van der Waals surface area contributed by atoms with Crippen LogP contribution in [0.2, 0.25) is 0 Å². The fraction of sp³-hybridized carbons (Fsp3) is 0.650. The first-order valence-corrected chi connectivity index (χ1v) is 10.4. The molecule has 0 saturated heterocycles. The number of rotatable bonds is 5. The zero-order valence-electron chi connectivity index (χ0n) is 14.5. The summed E-state index contributed by atoms with van der Waals surface area (Å²) in [6.07, 6.45) is 9.91. The number of hydrogen-bond acceptors (Lipinski definition) is 4. The highest BCUT2D eigenvalue weighted by atomic mass is 32.2. The van der Waals surface area contributed by atoms with Gasteiger partial charge in [0.1, 0.15) is 11.4 Å².